The molecule has 3 rings (SSSR count). The first kappa shape index (κ1) is 25.3. The van der Waals surface area contributed by atoms with Crippen LogP contribution in [0.2, 0.25) is 0 Å². The third-order valence-corrected chi connectivity index (χ3v) is 6.88. The van der Waals surface area contributed by atoms with Crippen LogP contribution in [-0.2, 0) is 16.1 Å². The van der Waals surface area contributed by atoms with Crippen LogP contribution in [0.15, 0.2) is 29.8 Å². The first-order valence-electron chi connectivity index (χ1n) is 11.1. The van der Waals surface area contributed by atoms with E-state index in [-0.39, 0.29) is 24.8 Å². The number of thiazole rings is 1. The van der Waals surface area contributed by atoms with Crippen molar-refractivity contribution in [1.82, 2.24) is 20.5 Å². The van der Waals surface area contributed by atoms with Gasteiger partial charge in [0.25, 0.3) is 0 Å². The van der Waals surface area contributed by atoms with Gasteiger partial charge in [0, 0.05) is 20.0 Å². The Labute approximate surface area is 199 Å². The topological polar surface area (TPSA) is 115 Å². The van der Waals surface area contributed by atoms with E-state index >= 15 is 0 Å². The Kier molecular flexibility index (Phi) is 7.89. The molecule has 0 aliphatic carbocycles. The van der Waals surface area contributed by atoms with Gasteiger partial charge in [-0.2, -0.15) is 0 Å². The average molecular weight is 475 g/mol. The molecule has 0 saturated carbocycles. The van der Waals surface area contributed by atoms with Crippen molar-refractivity contribution in [3.05, 3.63) is 41.0 Å². The molecule has 0 radical (unpaired) electrons. The highest BCUT2D eigenvalue weighted by molar-refractivity contribution is 7.13. The van der Waals surface area contributed by atoms with Gasteiger partial charge in [-0.25, -0.2) is 4.98 Å². The number of likely N-dealkylation sites (tertiary alicyclic amines) is 1. The molecule has 1 fully saturated rings. The van der Waals surface area contributed by atoms with Gasteiger partial charge in [-0.1, -0.05) is 45.0 Å². The van der Waals surface area contributed by atoms with Gasteiger partial charge in [-0.05, 0) is 29.9 Å². The Balaban J connectivity index is 1.66. The zero-order valence-electron chi connectivity index (χ0n) is 19.8. The first-order valence-corrected chi connectivity index (χ1v) is 12.0. The van der Waals surface area contributed by atoms with Gasteiger partial charge in [0.05, 0.1) is 28.2 Å². The van der Waals surface area contributed by atoms with Crippen LogP contribution in [0.4, 0.5) is 0 Å². The van der Waals surface area contributed by atoms with E-state index in [2.05, 4.69) is 15.6 Å². The monoisotopic (exact) mass is 474 g/mol. The normalized spacial score (nSPS) is 20.5. The molecule has 33 heavy (non-hydrogen) atoms. The lowest BCUT2D eigenvalue weighted by Gasteiger charge is -2.36. The minimum Gasteiger partial charge on any atom is -0.391 e. The second-order valence-electron chi connectivity index (χ2n) is 9.74. The Morgan fingerprint density at radius 2 is 1.94 bits per heavy atom. The van der Waals surface area contributed by atoms with Crippen molar-refractivity contribution >= 4 is 23.2 Å². The largest absolute Gasteiger partial charge is 0.391 e. The summed E-state index contributed by atoms with van der Waals surface area (Å²) in [6.45, 7) is 9.51. The molecule has 4 atom stereocenters. The third-order valence-electron chi connectivity index (χ3n) is 5.91. The van der Waals surface area contributed by atoms with E-state index in [1.54, 1.807) is 11.3 Å². The highest BCUT2D eigenvalue weighted by atomic mass is 32.1. The number of aromatic nitrogens is 1. The number of nitrogens with zero attached hydrogens (tertiary/aromatic N) is 2. The molecule has 1 aliphatic heterocycles. The van der Waals surface area contributed by atoms with Gasteiger partial charge in [0.15, 0.2) is 0 Å². The molecule has 1 unspecified atom stereocenters. The molecule has 0 bridgehead atoms. The summed E-state index contributed by atoms with van der Waals surface area (Å²) in [4.78, 5) is 31.9. The zero-order valence-corrected chi connectivity index (χ0v) is 20.6. The van der Waals surface area contributed by atoms with Gasteiger partial charge in [0.2, 0.25) is 11.8 Å². The van der Waals surface area contributed by atoms with Crippen LogP contribution >= 0.6 is 11.3 Å². The standard InChI is InChI=1S/C24H34N4O4S/c1-14-20(33-13-26-14)17-8-6-16(7-9-17)11-25-22(31)19-10-18(30)12-28(19)23(32)21(24(3,4)5)27-15(2)29/h6-9,13,18-19,21-22,25,30-31H,10-12H2,1-5H3,(H,27,29)/t18-,19+,21-,22?/m1/s1. The van der Waals surface area contributed by atoms with Gasteiger partial charge in [0.1, 0.15) is 12.3 Å². The lowest BCUT2D eigenvalue weighted by Crippen LogP contribution is -2.58. The fourth-order valence-electron chi connectivity index (χ4n) is 4.12. The summed E-state index contributed by atoms with van der Waals surface area (Å²) in [5.74, 6) is -0.598. The van der Waals surface area contributed by atoms with E-state index in [1.807, 2.05) is 57.5 Å². The Hall–Kier alpha value is -2.33. The number of aryl methyl sites for hydroxylation is 1. The number of carbonyl (C=O) groups excluding carboxylic acids is 2. The van der Waals surface area contributed by atoms with E-state index in [0.29, 0.717) is 6.54 Å². The first-order chi connectivity index (χ1) is 15.5. The Morgan fingerprint density at radius 3 is 2.48 bits per heavy atom. The van der Waals surface area contributed by atoms with E-state index in [9.17, 15) is 19.8 Å². The highest BCUT2D eigenvalue weighted by Crippen LogP contribution is 2.28. The SMILES string of the molecule is CC(=O)N[C@H](C(=O)N1C[C@H](O)C[C@H]1C(O)NCc1ccc(-c2scnc2C)cc1)C(C)(C)C. The van der Waals surface area contributed by atoms with Crippen LogP contribution in [0.3, 0.4) is 0 Å². The molecule has 9 heteroatoms. The lowest BCUT2D eigenvalue weighted by atomic mass is 9.85. The van der Waals surface area contributed by atoms with Crippen LogP contribution in [0.1, 0.15) is 45.4 Å². The molecule has 1 aromatic carbocycles. The van der Waals surface area contributed by atoms with Crippen molar-refractivity contribution in [1.29, 1.82) is 0 Å². The molecule has 1 aromatic heterocycles. The van der Waals surface area contributed by atoms with Crippen LogP contribution in [-0.4, -0.2) is 62.9 Å². The van der Waals surface area contributed by atoms with Crippen LogP contribution in [0, 0.1) is 12.3 Å². The second kappa shape index (κ2) is 10.3. The van der Waals surface area contributed by atoms with Crippen molar-refractivity contribution in [3.8, 4) is 10.4 Å². The fourth-order valence-corrected chi connectivity index (χ4v) is 4.94. The molecule has 4 N–H and O–H groups in total. The predicted molar refractivity (Wildman–Crippen MR) is 128 cm³/mol. The van der Waals surface area contributed by atoms with Crippen molar-refractivity contribution in [3.63, 3.8) is 0 Å². The van der Waals surface area contributed by atoms with Crippen molar-refractivity contribution in [2.24, 2.45) is 5.41 Å². The van der Waals surface area contributed by atoms with Crippen LogP contribution < -0.4 is 10.6 Å². The zero-order chi connectivity index (χ0) is 24.3. The maximum atomic E-state index is 13.3. The minimum absolute atomic E-state index is 0.122. The smallest absolute Gasteiger partial charge is 0.246 e. The van der Waals surface area contributed by atoms with Crippen molar-refractivity contribution < 1.29 is 19.8 Å². The molecule has 1 saturated heterocycles. The number of aliphatic hydroxyl groups excluding tert-OH is 2. The number of nitrogens with one attached hydrogen (secondary N) is 2. The number of rotatable bonds is 7. The van der Waals surface area contributed by atoms with E-state index in [4.69, 9.17) is 0 Å². The molecule has 2 amide bonds. The maximum absolute atomic E-state index is 13.3. The molecule has 2 aromatic rings. The molecule has 8 nitrogen and oxygen atoms in total. The summed E-state index contributed by atoms with van der Waals surface area (Å²) >= 11 is 1.60. The quantitative estimate of drug-likeness (QED) is 0.457. The van der Waals surface area contributed by atoms with Crippen LogP contribution in [0.25, 0.3) is 10.4 Å². The minimum atomic E-state index is -1.02. The van der Waals surface area contributed by atoms with E-state index < -0.39 is 29.8 Å². The Bertz CT molecular complexity index is 970. The lowest BCUT2D eigenvalue weighted by molar-refractivity contribution is -0.142. The summed E-state index contributed by atoms with van der Waals surface area (Å²) in [5, 5.41) is 26.9. The molecule has 2 heterocycles. The molecule has 0 spiro atoms. The fraction of sp³-hybridized carbons (Fsp3) is 0.542. The number of β-amino-alcohol motifs (C(OH)–C–C–N with tert-alkyl or cyclic N) is 1. The van der Waals surface area contributed by atoms with Gasteiger partial charge in [-0.15, -0.1) is 11.3 Å². The summed E-state index contributed by atoms with van der Waals surface area (Å²) in [7, 11) is 0. The molecular formula is C24H34N4O4S. The summed E-state index contributed by atoms with van der Waals surface area (Å²) in [5.41, 5.74) is 4.40. The number of hydrogen-bond acceptors (Lipinski definition) is 7. The number of aliphatic hydroxyl groups is 2. The van der Waals surface area contributed by atoms with Crippen molar-refractivity contribution in [2.45, 2.75) is 72.0 Å². The predicted octanol–water partition coefficient (Wildman–Crippen LogP) is 2.04. The molecule has 1 aliphatic rings. The summed E-state index contributed by atoms with van der Waals surface area (Å²) in [6, 6.07) is 6.70. The van der Waals surface area contributed by atoms with Crippen molar-refractivity contribution in [2.75, 3.05) is 6.54 Å². The molecular weight excluding hydrogens is 440 g/mol. The number of benzene rings is 1. The third kappa shape index (κ3) is 6.17. The molecule has 180 valence electrons. The van der Waals surface area contributed by atoms with Gasteiger partial charge in [-0.3, -0.25) is 14.9 Å². The second-order valence-corrected chi connectivity index (χ2v) is 10.6. The van der Waals surface area contributed by atoms with Gasteiger partial charge < -0.3 is 20.4 Å². The van der Waals surface area contributed by atoms with E-state index in [0.717, 1.165) is 21.7 Å². The number of hydrogen-bond donors (Lipinski definition) is 4. The van der Waals surface area contributed by atoms with E-state index in [1.165, 1.54) is 11.8 Å². The van der Waals surface area contributed by atoms with Crippen LogP contribution in [0.5, 0.6) is 0 Å². The number of carbonyl (C=O) groups is 2. The number of amides is 2. The summed E-state index contributed by atoms with van der Waals surface area (Å²) < 4.78 is 0. The van der Waals surface area contributed by atoms with Gasteiger partial charge >= 0.3 is 0 Å². The highest BCUT2D eigenvalue weighted by Gasteiger charge is 2.43. The Morgan fingerprint density at radius 1 is 1.27 bits per heavy atom. The summed E-state index contributed by atoms with van der Waals surface area (Å²) in [6.07, 6.45) is -1.48. The average Bonchev–Trinajstić information content (AvgIpc) is 3.35. The maximum Gasteiger partial charge on any atom is 0.246 e.